The van der Waals surface area contributed by atoms with Crippen LogP contribution in [-0.2, 0) is 6.42 Å². The molecule has 1 atom stereocenters. The van der Waals surface area contributed by atoms with Gasteiger partial charge in [-0.15, -0.1) is 0 Å². The van der Waals surface area contributed by atoms with E-state index in [0.29, 0.717) is 23.2 Å². The van der Waals surface area contributed by atoms with Gasteiger partial charge in [0.25, 0.3) is 5.91 Å². The Hall–Kier alpha value is -1.68. The molecular weight excluding hydrogens is 333 g/mol. The number of benzene rings is 2. The van der Waals surface area contributed by atoms with E-state index >= 15 is 0 Å². The molecule has 0 spiro atoms. The van der Waals surface area contributed by atoms with Crippen molar-refractivity contribution in [1.29, 1.82) is 0 Å². The molecule has 0 saturated carbocycles. The van der Waals surface area contributed by atoms with E-state index in [1.807, 2.05) is 24.3 Å². The first-order chi connectivity index (χ1) is 10.1. The third-order valence-electron chi connectivity index (χ3n) is 3.85. The molecule has 1 aliphatic rings. The van der Waals surface area contributed by atoms with E-state index in [0.717, 1.165) is 17.5 Å². The number of alkyl halides is 1. The van der Waals surface area contributed by atoms with Crippen molar-refractivity contribution in [1.82, 2.24) is 5.32 Å². The highest BCUT2D eigenvalue weighted by Gasteiger charge is 2.21. The van der Waals surface area contributed by atoms with Gasteiger partial charge in [0, 0.05) is 17.7 Å². The molecular formula is C17H15BrFNO. The fraction of sp³-hybridized carbons (Fsp3) is 0.235. The molecule has 0 aromatic heterocycles. The summed E-state index contributed by atoms with van der Waals surface area (Å²) in [4.78, 5) is 11.7. The van der Waals surface area contributed by atoms with Crippen LogP contribution in [0.5, 0.6) is 0 Å². The minimum Gasteiger partial charge on any atom is -0.352 e. The van der Waals surface area contributed by atoms with Crippen molar-refractivity contribution in [2.24, 2.45) is 0 Å². The minimum absolute atomic E-state index is 0.0532. The second-order valence-corrected chi connectivity index (χ2v) is 6.18. The molecule has 2 aromatic carbocycles. The summed E-state index contributed by atoms with van der Waals surface area (Å²) in [7, 11) is 0. The highest BCUT2D eigenvalue weighted by Crippen LogP contribution is 2.34. The number of carbonyl (C=O) groups is 1. The van der Waals surface area contributed by atoms with Crippen LogP contribution in [0.15, 0.2) is 36.4 Å². The second kappa shape index (κ2) is 5.60. The van der Waals surface area contributed by atoms with E-state index in [1.165, 1.54) is 0 Å². The van der Waals surface area contributed by atoms with Gasteiger partial charge in [0.1, 0.15) is 5.82 Å². The van der Waals surface area contributed by atoms with Crippen molar-refractivity contribution >= 4 is 21.8 Å². The number of hydrogen-bond acceptors (Lipinski definition) is 1. The zero-order valence-electron chi connectivity index (χ0n) is 11.6. The highest BCUT2D eigenvalue weighted by molar-refractivity contribution is 9.09. The van der Waals surface area contributed by atoms with Crippen molar-refractivity contribution in [3.05, 3.63) is 70.0 Å². The fourth-order valence-corrected chi connectivity index (χ4v) is 3.27. The second-order valence-electron chi connectivity index (χ2n) is 5.26. The number of aryl methyl sites for hydroxylation is 1. The molecule has 4 heteroatoms. The van der Waals surface area contributed by atoms with Gasteiger partial charge in [-0.1, -0.05) is 46.3 Å². The highest BCUT2D eigenvalue weighted by atomic mass is 79.9. The summed E-state index contributed by atoms with van der Waals surface area (Å²) in [6.07, 6.45) is 0.840. The zero-order valence-corrected chi connectivity index (χ0v) is 13.2. The largest absolute Gasteiger partial charge is 0.352 e. The fourth-order valence-electron chi connectivity index (χ4n) is 2.63. The van der Waals surface area contributed by atoms with Gasteiger partial charge in [-0.05, 0) is 36.1 Å². The predicted octanol–water partition coefficient (Wildman–Crippen LogP) is 3.90. The SMILES string of the molecule is Cc1cccc(C(Br)c2ccc3c(c2)C(=O)NCC3)c1F. The van der Waals surface area contributed by atoms with Gasteiger partial charge in [-0.25, -0.2) is 4.39 Å². The van der Waals surface area contributed by atoms with Crippen LogP contribution in [0, 0.1) is 12.7 Å². The average Bonchev–Trinajstić information content (AvgIpc) is 2.49. The van der Waals surface area contributed by atoms with E-state index in [9.17, 15) is 9.18 Å². The summed E-state index contributed by atoms with van der Waals surface area (Å²) >= 11 is 3.56. The lowest BCUT2D eigenvalue weighted by Crippen LogP contribution is -2.31. The number of halogens is 2. The number of fused-ring (bicyclic) bond motifs is 1. The van der Waals surface area contributed by atoms with Gasteiger partial charge in [-0.3, -0.25) is 4.79 Å². The lowest BCUT2D eigenvalue weighted by molar-refractivity contribution is 0.0946. The van der Waals surface area contributed by atoms with E-state index in [4.69, 9.17) is 0 Å². The Morgan fingerprint density at radius 3 is 2.90 bits per heavy atom. The Morgan fingerprint density at radius 2 is 2.10 bits per heavy atom. The van der Waals surface area contributed by atoms with E-state index < -0.39 is 0 Å². The quantitative estimate of drug-likeness (QED) is 0.820. The van der Waals surface area contributed by atoms with Gasteiger partial charge >= 0.3 is 0 Å². The van der Waals surface area contributed by atoms with Crippen LogP contribution in [0.4, 0.5) is 4.39 Å². The van der Waals surface area contributed by atoms with Crippen molar-refractivity contribution in [2.75, 3.05) is 6.54 Å². The normalized spacial score (nSPS) is 15.3. The number of rotatable bonds is 2. The maximum absolute atomic E-state index is 14.2. The smallest absolute Gasteiger partial charge is 0.251 e. The molecule has 0 radical (unpaired) electrons. The molecule has 2 aromatic rings. The lowest BCUT2D eigenvalue weighted by atomic mass is 9.94. The topological polar surface area (TPSA) is 29.1 Å². The first-order valence-electron chi connectivity index (χ1n) is 6.88. The van der Waals surface area contributed by atoms with Crippen LogP contribution in [0.1, 0.15) is 37.4 Å². The first-order valence-corrected chi connectivity index (χ1v) is 7.79. The molecule has 1 unspecified atom stereocenters. The predicted molar refractivity (Wildman–Crippen MR) is 84.4 cm³/mol. The molecule has 1 amide bonds. The Morgan fingerprint density at radius 1 is 1.29 bits per heavy atom. The van der Waals surface area contributed by atoms with E-state index in [-0.39, 0.29) is 16.6 Å². The Labute approximate surface area is 131 Å². The molecule has 1 N–H and O–H groups in total. The maximum Gasteiger partial charge on any atom is 0.251 e. The van der Waals surface area contributed by atoms with E-state index in [1.54, 1.807) is 19.1 Å². The summed E-state index contributed by atoms with van der Waals surface area (Å²) in [5, 5.41) is 2.84. The molecule has 3 rings (SSSR count). The third-order valence-corrected chi connectivity index (χ3v) is 4.87. The van der Waals surface area contributed by atoms with E-state index in [2.05, 4.69) is 21.2 Å². The van der Waals surface area contributed by atoms with Gasteiger partial charge in [-0.2, -0.15) is 0 Å². The number of carbonyl (C=O) groups excluding carboxylic acids is 1. The summed E-state index contributed by atoms with van der Waals surface area (Å²) < 4.78 is 14.2. The first kappa shape index (κ1) is 14.3. The minimum atomic E-state index is -0.266. The van der Waals surface area contributed by atoms with Crippen molar-refractivity contribution in [2.45, 2.75) is 18.2 Å². The average molecular weight is 348 g/mol. The zero-order chi connectivity index (χ0) is 15.0. The Balaban J connectivity index is 2.02. The molecule has 1 heterocycles. The maximum atomic E-state index is 14.2. The van der Waals surface area contributed by atoms with Gasteiger partial charge in [0.2, 0.25) is 0 Å². The van der Waals surface area contributed by atoms with Crippen molar-refractivity contribution in [3.8, 4) is 0 Å². The summed E-state index contributed by atoms with van der Waals surface area (Å²) in [6.45, 7) is 2.42. The number of amides is 1. The third kappa shape index (κ3) is 2.60. The monoisotopic (exact) mass is 347 g/mol. The van der Waals surface area contributed by atoms with Crippen molar-refractivity contribution < 1.29 is 9.18 Å². The van der Waals surface area contributed by atoms with Crippen LogP contribution < -0.4 is 5.32 Å². The van der Waals surface area contributed by atoms with Gasteiger partial charge in [0.05, 0.1) is 4.83 Å². The summed E-state index contributed by atoms with van der Waals surface area (Å²) in [5.41, 5.74) is 3.83. The number of nitrogens with one attached hydrogen (secondary N) is 1. The molecule has 1 aliphatic heterocycles. The van der Waals surface area contributed by atoms with Crippen LogP contribution in [0.3, 0.4) is 0 Å². The molecule has 0 bridgehead atoms. The number of hydrogen-bond donors (Lipinski definition) is 1. The van der Waals surface area contributed by atoms with Crippen LogP contribution in [0.2, 0.25) is 0 Å². The molecule has 2 nitrogen and oxygen atoms in total. The van der Waals surface area contributed by atoms with Crippen LogP contribution in [-0.4, -0.2) is 12.5 Å². The van der Waals surface area contributed by atoms with Crippen LogP contribution in [0.25, 0.3) is 0 Å². The van der Waals surface area contributed by atoms with Crippen LogP contribution >= 0.6 is 15.9 Å². The molecule has 21 heavy (non-hydrogen) atoms. The summed E-state index contributed by atoms with van der Waals surface area (Å²) in [5.74, 6) is -0.260. The standard InChI is InChI=1S/C17H15BrFNO/c1-10-3-2-4-13(16(10)19)15(18)12-6-5-11-7-8-20-17(21)14(11)9-12/h2-6,9,15H,7-8H2,1H3,(H,20,21). The Bertz CT molecular complexity index is 714. The Kier molecular flexibility index (Phi) is 3.81. The van der Waals surface area contributed by atoms with Gasteiger partial charge in [0.15, 0.2) is 0 Å². The summed E-state index contributed by atoms with van der Waals surface area (Å²) in [6, 6.07) is 11.1. The molecule has 0 saturated heterocycles. The molecule has 0 aliphatic carbocycles. The van der Waals surface area contributed by atoms with Gasteiger partial charge < -0.3 is 5.32 Å². The lowest BCUT2D eigenvalue weighted by Gasteiger charge is -2.19. The van der Waals surface area contributed by atoms with Crippen molar-refractivity contribution in [3.63, 3.8) is 0 Å². The molecule has 0 fully saturated rings. The molecule has 108 valence electrons.